The summed E-state index contributed by atoms with van der Waals surface area (Å²) in [6, 6.07) is 3.32. The van der Waals surface area contributed by atoms with Crippen LogP contribution in [-0.2, 0) is 10.8 Å². The molecule has 106 valence electrons. The van der Waals surface area contributed by atoms with Crippen LogP contribution in [-0.4, -0.2) is 40.2 Å². The lowest BCUT2D eigenvalue weighted by molar-refractivity contribution is 0.0948. The Hall–Kier alpha value is -1.14. The molecule has 0 aromatic carbocycles. The molecule has 1 aromatic rings. The molecule has 0 aliphatic rings. The van der Waals surface area contributed by atoms with E-state index in [0.717, 1.165) is 0 Å². The van der Waals surface area contributed by atoms with Gasteiger partial charge in [0.2, 0.25) is 0 Å². The zero-order valence-corrected chi connectivity index (χ0v) is 12.8. The highest BCUT2D eigenvalue weighted by molar-refractivity contribution is 7.84. The van der Waals surface area contributed by atoms with Crippen molar-refractivity contribution in [2.45, 2.75) is 18.6 Å². The summed E-state index contributed by atoms with van der Waals surface area (Å²) < 4.78 is 11.2. The standard InChI is InChI=1S/C12H18ClN3O2S/c1-8(19(3)18)6-7-15-12(17)11-9(13)4-5-10(14-2)16-11/h4-5,8H,6-7H2,1-3H3,(H,14,16)(H,15,17). The molecule has 1 aromatic heterocycles. The van der Waals surface area contributed by atoms with E-state index in [4.69, 9.17) is 11.6 Å². The predicted molar refractivity (Wildman–Crippen MR) is 79.3 cm³/mol. The topological polar surface area (TPSA) is 71.1 Å². The number of nitrogens with one attached hydrogen (secondary N) is 2. The molecule has 0 aliphatic carbocycles. The molecule has 19 heavy (non-hydrogen) atoms. The molecule has 5 nitrogen and oxygen atoms in total. The normalized spacial score (nSPS) is 13.7. The highest BCUT2D eigenvalue weighted by Gasteiger charge is 2.13. The Morgan fingerprint density at radius 2 is 2.21 bits per heavy atom. The maximum absolute atomic E-state index is 11.9. The van der Waals surface area contributed by atoms with E-state index in [-0.39, 0.29) is 16.9 Å². The average molecular weight is 304 g/mol. The van der Waals surface area contributed by atoms with Crippen molar-refractivity contribution in [1.82, 2.24) is 10.3 Å². The van der Waals surface area contributed by atoms with Gasteiger partial charge in [0.05, 0.1) is 5.02 Å². The van der Waals surface area contributed by atoms with Crippen molar-refractivity contribution in [3.8, 4) is 0 Å². The van der Waals surface area contributed by atoms with E-state index < -0.39 is 10.8 Å². The number of aromatic nitrogens is 1. The van der Waals surface area contributed by atoms with E-state index in [0.29, 0.717) is 23.8 Å². The van der Waals surface area contributed by atoms with Crippen LogP contribution in [0.5, 0.6) is 0 Å². The molecular weight excluding hydrogens is 286 g/mol. The number of nitrogens with zero attached hydrogens (tertiary/aromatic N) is 1. The smallest absolute Gasteiger partial charge is 0.271 e. The summed E-state index contributed by atoms with van der Waals surface area (Å²) >= 11 is 5.94. The van der Waals surface area contributed by atoms with Crippen molar-refractivity contribution < 1.29 is 9.00 Å². The van der Waals surface area contributed by atoms with Crippen LogP contribution in [0.25, 0.3) is 0 Å². The minimum absolute atomic E-state index is 0.0485. The molecule has 0 saturated heterocycles. The Labute approximate surface area is 120 Å². The van der Waals surface area contributed by atoms with Gasteiger partial charge in [0.1, 0.15) is 11.5 Å². The molecule has 0 spiro atoms. The first-order chi connectivity index (χ1) is 8.95. The molecule has 1 rings (SSSR count). The van der Waals surface area contributed by atoms with E-state index in [1.54, 1.807) is 25.4 Å². The highest BCUT2D eigenvalue weighted by Crippen LogP contribution is 2.16. The zero-order valence-electron chi connectivity index (χ0n) is 11.2. The van der Waals surface area contributed by atoms with Gasteiger partial charge < -0.3 is 10.6 Å². The maximum Gasteiger partial charge on any atom is 0.271 e. The number of hydrogen-bond acceptors (Lipinski definition) is 4. The molecule has 0 radical (unpaired) electrons. The minimum Gasteiger partial charge on any atom is -0.373 e. The number of carbonyl (C=O) groups excluding carboxylic acids is 1. The Balaban J connectivity index is 2.61. The largest absolute Gasteiger partial charge is 0.373 e. The van der Waals surface area contributed by atoms with Gasteiger partial charge in [-0.1, -0.05) is 18.5 Å². The van der Waals surface area contributed by atoms with Gasteiger partial charge in [0.25, 0.3) is 5.91 Å². The lowest BCUT2D eigenvalue weighted by Gasteiger charge is -2.10. The van der Waals surface area contributed by atoms with Crippen LogP contribution in [0.1, 0.15) is 23.8 Å². The maximum atomic E-state index is 11.9. The molecule has 1 amide bonds. The number of rotatable bonds is 6. The van der Waals surface area contributed by atoms with Gasteiger partial charge in [-0.25, -0.2) is 4.98 Å². The monoisotopic (exact) mass is 303 g/mol. The molecule has 1 heterocycles. The van der Waals surface area contributed by atoms with Crippen LogP contribution >= 0.6 is 11.6 Å². The fourth-order valence-corrected chi connectivity index (χ4v) is 2.02. The van der Waals surface area contributed by atoms with Crippen molar-refractivity contribution >= 4 is 34.1 Å². The third-order valence-electron chi connectivity index (χ3n) is 2.72. The second kappa shape index (κ2) is 7.45. The van der Waals surface area contributed by atoms with Gasteiger partial charge in [-0.15, -0.1) is 0 Å². The van der Waals surface area contributed by atoms with Crippen molar-refractivity contribution in [3.05, 3.63) is 22.8 Å². The minimum atomic E-state index is -0.882. The summed E-state index contributed by atoms with van der Waals surface area (Å²) in [6.07, 6.45) is 2.31. The molecule has 0 fully saturated rings. The van der Waals surface area contributed by atoms with Crippen molar-refractivity contribution in [2.75, 3.05) is 25.2 Å². The van der Waals surface area contributed by atoms with Gasteiger partial charge in [-0.2, -0.15) is 0 Å². The first-order valence-corrected chi connectivity index (χ1v) is 7.90. The van der Waals surface area contributed by atoms with Crippen LogP contribution in [0, 0.1) is 0 Å². The van der Waals surface area contributed by atoms with Gasteiger partial charge >= 0.3 is 0 Å². The summed E-state index contributed by atoms with van der Waals surface area (Å²) in [5.74, 6) is 0.258. The second-order valence-corrected chi connectivity index (χ2v) is 6.34. The van der Waals surface area contributed by atoms with Crippen LogP contribution in [0.2, 0.25) is 5.02 Å². The third kappa shape index (κ3) is 4.80. The molecule has 2 atom stereocenters. The average Bonchev–Trinajstić information content (AvgIpc) is 2.38. The number of halogens is 1. The second-order valence-electron chi connectivity index (χ2n) is 4.13. The number of carbonyl (C=O) groups is 1. The Morgan fingerprint density at radius 3 is 2.79 bits per heavy atom. The van der Waals surface area contributed by atoms with Gasteiger partial charge in [0.15, 0.2) is 0 Å². The summed E-state index contributed by atoms with van der Waals surface area (Å²) in [4.78, 5) is 16.0. The predicted octanol–water partition coefficient (Wildman–Crippen LogP) is 1.66. The third-order valence-corrected chi connectivity index (χ3v) is 4.39. The zero-order chi connectivity index (χ0) is 14.4. The van der Waals surface area contributed by atoms with Crippen LogP contribution < -0.4 is 10.6 Å². The first-order valence-electron chi connectivity index (χ1n) is 5.90. The summed E-state index contributed by atoms with van der Waals surface area (Å²) in [6.45, 7) is 2.33. The summed E-state index contributed by atoms with van der Waals surface area (Å²) in [7, 11) is 0.836. The lowest BCUT2D eigenvalue weighted by atomic mass is 10.3. The Kier molecular flexibility index (Phi) is 6.24. The van der Waals surface area contributed by atoms with Crippen molar-refractivity contribution in [3.63, 3.8) is 0 Å². The summed E-state index contributed by atoms with van der Waals surface area (Å²) in [5.41, 5.74) is 0.193. The van der Waals surface area contributed by atoms with E-state index >= 15 is 0 Å². The van der Waals surface area contributed by atoms with Crippen LogP contribution in [0.15, 0.2) is 12.1 Å². The molecular formula is C12H18ClN3O2S. The number of pyridine rings is 1. The van der Waals surface area contributed by atoms with Crippen molar-refractivity contribution in [1.29, 1.82) is 0 Å². The molecule has 2 N–H and O–H groups in total. The van der Waals surface area contributed by atoms with E-state index in [9.17, 15) is 9.00 Å². The Bertz CT molecular complexity index is 482. The number of anilines is 1. The molecule has 2 unspecified atom stereocenters. The molecule has 7 heteroatoms. The van der Waals surface area contributed by atoms with Crippen LogP contribution in [0.4, 0.5) is 5.82 Å². The van der Waals surface area contributed by atoms with Crippen LogP contribution in [0.3, 0.4) is 0 Å². The van der Waals surface area contributed by atoms with E-state index in [1.807, 2.05) is 6.92 Å². The highest BCUT2D eigenvalue weighted by atomic mass is 35.5. The molecule has 0 saturated carbocycles. The van der Waals surface area contributed by atoms with E-state index in [1.165, 1.54) is 0 Å². The number of hydrogen-bond donors (Lipinski definition) is 2. The summed E-state index contributed by atoms with van der Waals surface area (Å²) in [5, 5.41) is 5.93. The fourth-order valence-electron chi connectivity index (χ4n) is 1.38. The van der Waals surface area contributed by atoms with E-state index in [2.05, 4.69) is 15.6 Å². The van der Waals surface area contributed by atoms with Gasteiger partial charge in [-0.3, -0.25) is 9.00 Å². The lowest BCUT2D eigenvalue weighted by Crippen LogP contribution is -2.28. The van der Waals surface area contributed by atoms with Gasteiger partial charge in [0, 0.05) is 35.9 Å². The first kappa shape index (κ1) is 15.9. The van der Waals surface area contributed by atoms with Gasteiger partial charge in [-0.05, 0) is 18.6 Å². The SMILES string of the molecule is CNc1ccc(Cl)c(C(=O)NCCC(C)S(C)=O)n1. The Morgan fingerprint density at radius 1 is 1.53 bits per heavy atom. The van der Waals surface area contributed by atoms with Crippen molar-refractivity contribution in [2.24, 2.45) is 0 Å². The fraction of sp³-hybridized carbons (Fsp3) is 0.500. The molecule has 0 aliphatic heterocycles. The molecule has 0 bridgehead atoms. The number of amides is 1. The quantitative estimate of drug-likeness (QED) is 0.838.